The highest BCUT2D eigenvalue weighted by molar-refractivity contribution is 5.71. The maximum Gasteiger partial charge on any atom is 0.410 e. The van der Waals surface area contributed by atoms with Gasteiger partial charge in [-0.1, -0.05) is 30.3 Å². The summed E-state index contributed by atoms with van der Waals surface area (Å²) < 4.78 is 5.75. The van der Waals surface area contributed by atoms with Gasteiger partial charge < -0.3 is 9.64 Å². The van der Waals surface area contributed by atoms with Crippen LogP contribution in [0.15, 0.2) is 54.9 Å². The third-order valence-corrected chi connectivity index (χ3v) is 6.12. The Bertz CT molecular complexity index is 755. The van der Waals surface area contributed by atoms with Crippen molar-refractivity contribution >= 4 is 6.09 Å². The Hall–Kier alpha value is -2.36. The average molecular weight is 320 g/mol. The number of amides is 1. The van der Waals surface area contributed by atoms with Crippen molar-refractivity contribution in [2.24, 2.45) is 0 Å². The van der Waals surface area contributed by atoms with Crippen molar-refractivity contribution in [2.75, 3.05) is 6.54 Å². The summed E-state index contributed by atoms with van der Waals surface area (Å²) in [6, 6.07) is 14.3. The number of cyclic esters (lactones) is 1. The summed E-state index contributed by atoms with van der Waals surface area (Å²) in [5.74, 6) is 0. The summed E-state index contributed by atoms with van der Waals surface area (Å²) in [6.45, 7) is 0.796. The topological polar surface area (TPSA) is 42.4 Å². The predicted molar refractivity (Wildman–Crippen MR) is 89.5 cm³/mol. The first kappa shape index (κ1) is 14.0. The normalized spacial score (nSPS) is 34.1. The van der Waals surface area contributed by atoms with Gasteiger partial charge >= 0.3 is 6.09 Å². The number of hydrogen-bond donors (Lipinski definition) is 0. The van der Waals surface area contributed by atoms with Crippen molar-refractivity contribution in [1.29, 1.82) is 0 Å². The van der Waals surface area contributed by atoms with Crippen molar-refractivity contribution in [1.82, 2.24) is 9.88 Å². The van der Waals surface area contributed by atoms with Crippen LogP contribution >= 0.6 is 0 Å². The highest BCUT2D eigenvalue weighted by Gasteiger charge is 2.72. The molecule has 1 unspecified atom stereocenters. The molecule has 1 amide bonds. The molecule has 2 bridgehead atoms. The number of carbonyl (C=O) groups is 1. The zero-order chi connectivity index (χ0) is 16.2. The van der Waals surface area contributed by atoms with Gasteiger partial charge in [-0.2, -0.15) is 0 Å². The number of pyridine rings is 1. The monoisotopic (exact) mass is 320 g/mol. The fraction of sp³-hybridized carbons (Fsp3) is 0.400. The van der Waals surface area contributed by atoms with Crippen molar-refractivity contribution in [3.8, 4) is 0 Å². The maximum absolute atomic E-state index is 12.6. The molecule has 1 atom stereocenters. The van der Waals surface area contributed by atoms with E-state index >= 15 is 0 Å². The molecule has 4 aliphatic rings. The maximum atomic E-state index is 12.6. The Labute approximate surface area is 141 Å². The Balaban J connectivity index is 1.28. The third kappa shape index (κ3) is 1.86. The molecule has 0 spiro atoms. The van der Waals surface area contributed by atoms with E-state index in [0.717, 1.165) is 37.8 Å². The highest BCUT2D eigenvalue weighted by atomic mass is 16.6. The van der Waals surface area contributed by atoms with Crippen LogP contribution in [0, 0.1) is 0 Å². The second-order valence-corrected chi connectivity index (χ2v) is 7.49. The van der Waals surface area contributed by atoms with E-state index in [0.29, 0.717) is 0 Å². The minimum Gasteiger partial charge on any atom is -0.441 e. The number of carbonyl (C=O) groups excluding carboxylic acids is 1. The van der Waals surface area contributed by atoms with Gasteiger partial charge in [0, 0.05) is 36.3 Å². The zero-order valence-electron chi connectivity index (χ0n) is 13.5. The fourth-order valence-electron chi connectivity index (χ4n) is 4.95. The fourth-order valence-corrected chi connectivity index (χ4v) is 4.95. The van der Waals surface area contributed by atoms with Gasteiger partial charge in [-0.3, -0.25) is 4.98 Å². The summed E-state index contributed by atoms with van der Waals surface area (Å²) in [6.07, 6.45) is 7.55. The number of aromatic nitrogens is 1. The van der Waals surface area contributed by atoms with Crippen LogP contribution in [0.25, 0.3) is 0 Å². The molecule has 3 aliphatic carbocycles. The van der Waals surface area contributed by atoms with Crippen LogP contribution in [0.1, 0.15) is 42.9 Å². The number of ether oxygens (including phenoxy) is 1. The van der Waals surface area contributed by atoms with Gasteiger partial charge in [-0.05, 0) is 42.5 Å². The zero-order valence-corrected chi connectivity index (χ0v) is 13.5. The van der Waals surface area contributed by atoms with E-state index in [2.05, 4.69) is 17.1 Å². The van der Waals surface area contributed by atoms with Gasteiger partial charge in [-0.15, -0.1) is 0 Å². The van der Waals surface area contributed by atoms with Gasteiger partial charge in [0.05, 0.1) is 0 Å². The van der Waals surface area contributed by atoms with Crippen LogP contribution in [-0.4, -0.2) is 28.1 Å². The summed E-state index contributed by atoms with van der Waals surface area (Å²) in [5.41, 5.74) is 2.78. The van der Waals surface area contributed by atoms with Crippen LogP contribution in [-0.2, 0) is 10.2 Å². The third-order valence-electron chi connectivity index (χ3n) is 6.12. The molecule has 1 aromatic heterocycles. The Morgan fingerprint density at radius 3 is 2.42 bits per heavy atom. The minimum atomic E-state index is -0.141. The molecule has 0 N–H and O–H groups in total. The lowest BCUT2D eigenvalue weighted by molar-refractivity contribution is -0.171. The van der Waals surface area contributed by atoms with Crippen LogP contribution in [0.4, 0.5) is 4.79 Å². The molecule has 0 radical (unpaired) electrons. The molecule has 4 fully saturated rings. The van der Waals surface area contributed by atoms with Gasteiger partial charge in [0.1, 0.15) is 6.10 Å². The van der Waals surface area contributed by atoms with E-state index in [4.69, 9.17) is 4.74 Å². The van der Waals surface area contributed by atoms with Crippen LogP contribution in [0.2, 0.25) is 0 Å². The lowest BCUT2D eigenvalue weighted by Gasteiger charge is -2.74. The Morgan fingerprint density at radius 2 is 1.75 bits per heavy atom. The van der Waals surface area contributed by atoms with E-state index in [1.807, 2.05) is 47.6 Å². The van der Waals surface area contributed by atoms with Gasteiger partial charge in [0.15, 0.2) is 0 Å². The summed E-state index contributed by atoms with van der Waals surface area (Å²) in [4.78, 5) is 18.7. The SMILES string of the molecule is O=C1OC(c2ccccc2)CCN1C12CC(c3ccncc3)(C1)C2. The Morgan fingerprint density at radius 1 is 1.04 bits per heavy atom. The first-order valence-electron chi connectivity index (χ1n) is 8.65. The molecule has 122 valence electrons. The molecule has 24 heavy (non-hydrogen) atoms. The molecule has 1 saturated heterocycles. The molecule has 3 saturated carbocycles. The summed E-state index contributed by atoms with van der Waals surface area (Å²) in [5, 5.41) is 0. The van der Waals surface area contributed by atoms with Crippen LogP contribution in [0.5, 0.6) is 0 Å². The lowest BCUT2D eigenvalue weighted by atomic mass is 9.37. The molecule has 4 nitrogen and oxygen atoms in total. The first-order valence-corrected chi connectivity index (χ1v) is 8.65. The number of nitrogens with zero attached hydrogens (tertiary/aromatic N) is 2. The molecular formula is C20H20N2O2. The number of rotatable bonds is 3. The van der Waals surface area contributed by atoms with E-state index < -0.39 is 0 Å². The van der Waals surface area contributed by atoms with Gasteiger partial charge in [0.25, 0.3) is 0 Å². The number of hydrogen-bond acceptors (Lipinski definition) is 3. The van der Waals surface area contributed by atoms with Crippen molar-refractivity contribution in [3.63, 3.8) is 0 Å². The van der Waals surface area contributed by atoms with E-state index in [-0.39, 0.29) is 23.2 Å². The molecule has 2 aromatic rings. The molecular weight excluding hydrogens is 300 g/mol. The number of benzene rings is 1. The second kappa shape index (κ2) is 4.82. The van der Waals surface area contributed by atoms with Crippen molar-refractivity contribution in [2.45, 2.75) is 42.7 Å². The molecule has 2 heterocycles. The minimum absolute atomic E-state index is 0.0437. The van der Waals surface area contributed by atoms with Crippen molar-refractivity contribution < 1.29 is 9.53 Å². The van der Waals surface area contributed by atoms with Crippen LogP contribution < -0.4 is 0 Å². The lowest BCUT2D eigenvalue weighted by Crippen LogP contribution is -2.78. The molecule has 4 heteroatoms. The second-order valence-electron chi connectivity index (χ2n) is 7.49. The predicted octanol–water partition coefficient (Wildman–Crippen LogP) is 3.84. The van der Waals surface area contributed by atoms with Crippen LogP contribution in [0.3, 0.4) is 0 Å². The average Bonchev–Trinajstić information content (AvgIpc) is 2.56. The van der Waals surface area contributed by atoms with Gasteiger partial charge in [0.2, 0.25) is 0 Å². The first-order chi connectivity index (χ1) is 11.7. The quantitative estimate of drug-likeness (QED) is 0.863. The summed E-state index contributed by atoms with van der Waals surface area (Å²) >= 11 is 0. The summed E-state index contributed by atoms with van der Waals surface area (Å²) in [7, 11) is 0. The van der Waals surface area contributed by atoms with E-state index in [1.165, 1.54) is 5.56 Å². The van der Waals surface area contributed by atoms with E-state index in [9.17, 15) is 4.79 Å². The Kier molecular flexibility index (Phi) is 2.82. The largest absolute Gasteiger partial charge is 0.441 e. The standard InChI is InChI=1S/C20H20N2O2/c23-18-22(11-8-17(24-18)15-4-2-1-3-5-15)20-12-19(13-20,14-20)16-6-9-21-10-7-16/h1-7,9-10,17H,8,11-14H2. The smallest absolute Gasteiger partial charge is 0.410 e. The molecule has 1 aromatic carbocycles. The van der Waals surface area contributed by atoms with Crippen molar-refractivity contribution in [3.05, 3.63) is 66.0 Å². The highest BCUT2D eigenvalue weighted by Crippen LogP contribution is 2.70. The van der Waals surface area contributed by atoms with E-state index in [1.54, 1.807) is 0 Å². The molecule has 6 rings (SSSR count). The van der Waals surface area contributed by atoms with Gasteiger partial charge in [-0.25, -0.2) is 4.79 Å². The molecule has 1 aliphatic heterocycles.